The number of nitrogens with two attached hydrogens (primary N) is 1. The van der Waals surface area contributed by atoms with Crippen LogP contribution in [0.2, 0.25) is 0 Å². The average Bonchev–Trinajstić information content (AvgIpc) is 2.72. The van der Waals surface area contributed by atoms with E-state index in [-0.39, 0.29) is 0 Å². The summed E-state index contributed by atoms with van der Waals surface area (Å²) in [6.07, 6.45) is 1.76. The fourth-order valence-electron chi connectivity index (χ4n) is 1.67. The van der Waals surface area contributed by atoms with Crippen molar-refractivity contribution in [1.82, 2.24) is 9.38 Å². The highest BCUT2D eigenvalue weighted by atomic mass is 32.1. The molecule has 0 fully saturated rings. The molecular weight excluding hydrogens is 221 g/mol. The molecule has 0 saturated heterocycles. The lowest BCUT2D eigenvalue weighted by atomic mass is 10.1. The van der Waals surface area contributed by atoms with Crippen molar-refractivity contribution in [2.24, 2.45) is 5.73 Å². The Morgan fingerprint density at radius 2 is 2.31 bits per heavy atom. The molecule has 3 rings (SSSR count). The van der Waals surface area contributed by atoms with Crippen LogP contribution in [0, 0.1) is 0 Å². The molecule has 0 aliphatic heterocycles. The topological polar surface area (TPSA) is 60.4 Å². The molecule has 2 N–H and O–H groups in total. The Hall–Kier alpha value is -1.82. The van der Waals surface area contributed by atoms with Crippen molar-refractivity contribution in [3.05, 3.63) is 30.0 Å². The molecule has 0 bridgehead atoms. The average molecular weight is 227 g/mol. The lowest BCUT2D eigenvalue weighted by Crippen LogP contribution is -2.10. The van der Waals surface area contributed by atoms with Gasteiger partial charge < -0.3 is 5.73 Å². The third-order valence-corrected chi connectivity index (χ3v) is 3.41. The first-order chi connectivity index (χ1) is 7.65. The minimum atomic E-state index is -0.424. The highest BCUT2D eigenvalue weighted by molar-refractivity contribution is 7.23. The molecule has 1 amide bonds. The number of rotatable bonds is 1. The van der Waals surface area contributed by atoms with E-state index in [9.17, 15) is 4.79 Å². The quantitative estimate of drug-likeness (QED) is 0.613. The van der Waals surface area contributed by atoms with Gasteiger partial charge in [0.25, 0.3) is 0 Å². The number of carbonyl (C=O) groups excluding carboxylic acids is 1. The molecule has 4 nitrogen and oxygen atoms in total. The fourth-order valence-corrected chi connectivity index (χ4v) is 2.73. The Kier molecular flexibility index (Phi) is 1.82. The Bertz CT molecular complexity index is 715. The number of amides is 1. The molecule has 0 atom stereocenters. The van der Waals surface area contributed by atoms with Crippen molar-refractivity contribution in [3.63, 3.8) is 0 Å². The van der Waals surface area contributed by atoms with Gasteiger partial charge in [-0.05, 0) is 18.2 Å². The summed E-state index contributed by atoms with van der Waals surface area (Å²) >= 11 is 1.48. The molecule has 3 aromatic rings. The van der Waals surface area contributed by atoms with Crippen LogP contribution < -0.4 is 11.3 Å². The molecule has 0 saturated carbocycles. The Morgan fingerprint density at radius 3 is 3.06 bits per heavy atom. The number of thiazole rings is 1. The van der Waals surface area contributed by atoms with Crippen molar-refractivity contribution < 1.29 is 4.79 Å². The lowest BCUT2D eigenvalue weighted by Gasteiger charge is -1.95. The van der Waals surface area contributed by atoms with Crippen LogP contribution in [0.5, 0.6) is 0 Å². The van der Waals surface area contributed by atoms with E-state index in [0.29, 0.717) is 11.2 Å². The number of carbonyl (C=O) groups is 1. The maximum atomic E-state index is 11.0. The fraction of sp³-hybridized carbons (Fsp3) is 0. The summed E-state index contributed by atoms with van der Waals surface area (Å²) in [5.41, 5.74) is 7.20. The number of imidazole rings is 1. The maximum absolute atomic E-state index is 11.0. The second kappa shape index (κ2) is 3.09. The Morgan fingerprint density at radius 1 is 1.50 bits per heavy atom. The van der Waals surface area contributed by atoms with Crippen LogP contribution in [-0.4, -0.2) is 23.1 Å². The van der Waals surface area contributed by atoms with Gasteiger partial charge in [0.05, 0.1) is 10.2 Å². The van der Waals surface area contributed by atoms with Gasteiger partial charge in [-0.3, -0.25) is 9.20 Å². The molecule has 0 aliphatic rings. The Balaban J connectivity index is 2.37. The number of aromatic nitrogens is 2. The summed E-state index contributed by atoms with van der Waals surface area (Å²) in [6, 6.07) is 5.32. The first-order valence-electron chi connectivity index (χ1n) is 4.62. The van der Waals surface area contributed by atoms with Gasteiger partial charge in [-0.25, -0.2) is 4.98 Å². The minimum absolute atomic E-state index is 0.424. The van der Waals surface area contributed by atoms with Crippen molar-refractivity contribution in [3.8, 4) is 0 Å². The van der Waals surface area contributed by atoms with Gasteiger partial charge in [0.1, 0.15) is 7.85 Å². The first-order valence-corrected chi connectivity index (χ1v) is 5.44. The molecule has 1 aromatic carbocycles. The van der Waals surface area contributed by atoms with Gasteiger partial charge >= 0.3 is 0 Å². The van der Waals surface area contributed by atoms with Crippen molar-refractivity contribution in [2.45, 2.75) is 0 Å². The molecule has 2 radical (unpaired) electrons. The molecule has 6 heteroatoms. The predicted molar refractivity (Wildman–Crippen MR) is 64.5 cm³/mol. The molecule has 2 aromatic heterocycles. The standard InChI is InChI=1S/C10H6BN3OS/c11-8-4-14-6-2-1-5(9(12)15)3-7(6)16-10(14)13-8/h1-4H,(H2,12,15). The Labute approximate surface area is 96.1 Å². The number of hydrogen-bond acceptors (Lipinski definition) is 3. The summed E-state index contributed by atoms with van der Waals surface area (Å²) in [4.78, 5) is 16.0. The molecule has 0 spiro atoms. The SMILES string of the molecule is [B]c1cn2c(n1)sc1cc(C(N)=O)ccc12. The second-order valence-corrected chi connectivity index (χ2v) is 4.48. The third kappa shape index (κ3) is 1.23. The highest BCUT2D eigenvalue weighted by Gasteiger charge is 2.08. The zero-order valence-electron chi connectivity index (χ0n) is 8.18. The van der Waals surface area contributed by atoms with Crippen molar-refractivity contribution in [1.29, 1.82) is 0 Å². The minimum Gasteiger partial charge on any atom is -0.366 e. The number of benzene rings is 1. The normalized spacial score (nSPS) is 11.2. The molecule has 2 heterocycles. The van der Waals surface area contributed by atoms with Gasteiger partial charge in [0.2, 0.25) is 5.91 Å². The van der Waals surface area contributed by atoms with Crippen molar-refractivity contribution >= 4 is 45.9 Å². The van der Waals surface area contributed by atoms with Crippen LogP contribution in [0.15, 0.2) is 24.4 Å². The lowest BCUT2D eigenvalue weighted by molar-refractivity contribution is 0.100. The van der Waals surface area contributed by atoms with Crippen LogP contribution in [0.4, 0.5) is 0 Å². The maximum Gasteiger partial charge on any atom is 0.248 e. The van der Waals surface area contributed by atoms with E-state index < -0.39 is 5.91 Å². The van der Waals surface area contributed by atoms with Gasteiger partial charge in [0, 0.05) is 17.4 Å². The predicted octanol–water partition coefficient (Wildman–Crippen LogP) is 0.442. The highest BCUT2D eigenvalue weighted by Crippen LogP contribution is 2.25. The summed E-state index contributed by atoms with van der Waals surface area (Å²) in [5, 5.41) is 0. The zero-order chi connectivity index (χ0) is 11.3. The van der Waals surface area contributed by atoms with E-state index in [1.54, 1.807) is 18.3 Å². The molecule has 0 aliphatic carbocycles. The van der Waals surface area contributed by atoms with Crippen LogP contribution >= 0.6 is 11.3 Å². The number of hydrogen-bond donors (Lipinski definition) is 1. The largest absolute Gasteiger partial charge is 0.366 e. The van der Waals surface area contributed by atoms with E-state index >= 15 is 0 Å². The molecule has 76 valence electrons. The van der Waals surface area contributed by atoms with Crippen LogP contribution in [0.25, 0.3) is 15.2 Å². The van der Waals surface area contributed by atoms with Crippen LogP contribution in [-0.2, 0) is 0 Å². The van der Waals surface area contributed by atoms with E-state index in [1.807, 2.05) is 10.5 Å². The number of fused-ring (bicyclic) bond motifs is 3. The van der Waals surface area contributed by atoms with Gasteiger partial charge in [-0.2, -0.15) is 0 Å². The summed E-state index contributed by atoms with van der Waals surface area (Å²) in [5.74, 6) is -0.424. The van der Waals surface area contributed by atoms with E-state index in [1.165, 1.54) is 11.3 Å². The summed E-state index contributed by atoms with van der Waals surface area (Å²) < 4.78 is 2.87. The smallest absolute Gasteiger partial charge is 0.248 e. The van der Waals surface area contributed by atoms with Gasteiger partial charge in [0.15, 0.2) is 4.96 Å². The second-order valence-electron chi connectivity index (χ2n) is 3.47. The van der Waals surface area contributed by atoms with Crippen LogP contribution in [0.3, 0.4) is 0 Å². The van der Waals surface area contributed by atoms with Crippen molar-refractivity contribution in [2.75, 3.05) is 0 Å². The van der Waals surface area contributed by atoms with E-state index in [0.717, 1.165) is 15.2 Å². The van der Waals surface area contributed by atoms with Gasteiger partial charge in [-0.1, -0.05) is 11.3 Å². The van der Waals surface area contributed by atoms with Crippen LogP contribution in [0.1, 0.15) is 10.4 Å². The summed E-state index contributed by atoms with van der Waals surface area (Å²) in [6.45, 7) is 0. The third-order valence-electron chi connectivity index (χ3n) is 2.40. The monoisotopic (exact) mass is 227 g/mol. The zero-order valence-corrected chi connectivity index (χ0v) is 8.99. The first kappa shape index (κ1) is 9.41. The molecular formula is C10H6BN3OS. The summed E-state index contributed by atoms with van der Waals surface area (Å²) in [7, 11) is 5.60. The number of primary amides is 1. The van der Waals surface area contributed by atoms with E-state index in [4.69, 9.17) is 13.6 Å². The van der Waals surface area contributed by atoms with E-state index in [2.05, 4.69) is 4.98 Å². The molecule has 0 unspecified atom stereocenters. The number of nitrogens with zero attached hydrogens (tertiary/aromatic N) is 2. The van der Waals surface area contributed by atoms with Gasteiger partial charge in [-0.15, -0.1) is 0 Å². The molecule has 16 heavy (non-hydrogen) atoms.